The molecule has 1 aromatic heterocycles. The Morgan fingerprint density at radius 3 is 2.30 bits per heavy atom. The first-order valence-corrected chi connectivity index (χ1v) is 7.87. The van der Waals surface area contributed by atoms with Gasteiger partial charge in [-0.05, 0) is 38.7 Å². The van der Waals surface area contributed by atoms with Crippen molar-refractivity contribution in [1.29, 1.82) is 0 Å². The first kappa shape index (κ1) is 15.4. The Balaban J connectivity index is 2.19. The van der Waals surface area contributed by atoms with Crippen LogP contribution >= 0.6 is 0 Å². The maximum Gasteiger partial charge on any atom is 0.160 e. The number of rotatable bonds is 5. The second kappa shape index (κ2) is 7.14. The Bertz CT molecular complexity index is 395. The first-order chi connectivity index (χ1) is 9.66. The van der Waals surface area contributed by atoms with Crippen LogP contribution in [0.1, 0.15) is 63.8 Å². The van der Waals surface area contributed by atoms with Crippen LogP contribution in [-0.4, -0.2) is 22.6 Å². The molecule has 1 saturated carbocycles. The highest BCUT2D eigenvalue weighted by Crippen LogP contribution is 2.37. The molecule has 0 saturated heterocycles. The fraction of sp³-hybridized carbons (Fsp3) is 0.750. The lowest BCUT2D eigenvalue weighted by atomic mass is 9.93. The third-order valence-corrected chi connectivity index (χ3v) is 4.00. The van der Waals surface area contributed by atoms with Gasteiger partial charge in [0.25, 0.3) is 0 Å². The van der Waals surface area contributed by atoms with Gasteiger partial charge in [-0.2, -0.15) is 0 Å². The smallest absolute Gasteiger partial charge is 0.160 e. The van der Waals surface area contributed by atoms with Crippen molar-refractivity contribution in [3.05, 3.63) is 23.8 Å². The Hall–Kier alpha value is -1.00. The number of nitrogens with two attached hydrogens (primary N) is 1. The summed E-state index contributed by atoms with van der Waals surface area (Å²) >= 11 is 0. The molecule has 1 unspecified atom stereocenters. The minimum atomic E-state index is -0.266. The summed E-state index contributed by atoms with van der Waals surface area (Å²) in [6.45, 7) is 4.77. The van der Waals surface area contributed by atoms with E-state index < -0.39 is 0 Å². The van der Waals surface area contributed by atoms with Gasteiger partial charge >= 0.3 is 0 Å². The van der Waals surface area contributed by atoms with Crippen molar-refractivity contribution in [2.24, 2.45) is 5.73 Å². The minimum absolute atomic E-state index is 0.142. The van der Waals surface area contributed by atoms with E-state index in [0.717, 1.165) is 30.7 Å². The zero-order chi connectivity index (χ0) is 14.4. The van der Waals surface area contributed by atoms with E-state index in [-0.39, 0.29) is 11.6 Å². The highest BCUT2D eigenvalue weighted by Gasteiger charge is 2.36. The van der Waals surface area contributed by atoms with E-state index in [4.69, 9.17) is 10.5 Å². The molecule has 0 spiro atoms. The normalized spacial score (nSPS) is 20.4. The molecule has 0 aliphatic heterocycles. The summed E-state index contributed by atoms with van der Waals surface area (Å²) in [6.07, 6.45) is 11.7. The molecule has 2 rings (SSSR count). The average Bonchev–Trinajstić information content (AvgIpc) is 2.66. The molecular weight excluding hydrogens is 250 g/mol. The molecule has 1 fully saturated rings. The maximum atomic E-state index is 6.11. The van der Waals surface area contributed by atoms with Crippen molar-refractivity contribution >= 4 is 0 Å². The van der Waals surface area contributed by atoms with Gasteiger partial charge < -0.3 is 10.5 Å². The summed E-state index contributed by atoms with van der Waals surface area (Å²) in [7, 11) is 0. The first-order valence-electron chi connectivity index (χ1n) is 7.87. The average molecular weight is 277 g/mol. The molecule has 0 amide bonds. The quantitative estimate of drug-likeness (QED) is 0.841. The largest absolute Gasteiger partial charge is 0.367 e. The van der Waals surface area contributed by atoms with Crippen molar-refractivity contribution in [1.82, 2.24) is 9.97 Å². The molecule has 1 aromatic rings. The Labute approximate surface area is 122 Å². The lowest BCUT2D eigenvalue weighted by Gasteiger charge is -2.31. The molecule has 20 heavy (non-hydrogen) atoms. The third kappa shape index (κ3) is 3.76. The van der Waals surface area contributed by atoms with Crippen LogP contribution in [0.15, 0.2) is 12.4 Å². The summed E-state index contributed by atoms with van der Waals surface area (Å²) < 4.78 is 6.11. The van der Waals surface area contributed by atoms with Crippen LogP contribution in [0, 0.1) is 0 Å². The predicted octanol–water partition coefficient (Wildman–Crippen LogP) is 2.95. The number of ether oxygens (including phenoxy) is 1. The fourth-order valence-corrected chi connectivity index (χ4v) is 3.08. The second-order valence-electron chi connectivity index (χ2n) is 5.94. The van der Waals surface area contributed by atoms with Crippen LogP contribution in [0.3, 0.4) is 0 Å². The molecule has 1 atom stereocenters. The van der Waals surface area contributed by atoms with Crippen LogP contribution in [0.4, 0.5) is 0 Å². The molecule has 1 aliphatic carbocycles. The van der Waals surface area contributed by atoms with Crippen molar-refractivity contribution in [3.63, 3.8) is 0 Å². The Kier molecular flexibility index (Phi) is 5.49. The number of hydrogen-bond donors (Lipinski definition) is 1. The SMILES string of the molecule is CCOC1(c2ncc(CC(C)N)cn2)CCCCCC1. The van der Waals surface area contributed by atoms with Gasteiger partial charge in [0, 0.05) is 25.0 Å². The van der Waals surface area contributed by atoms with Crippen molar-refractivity contribution < 1.29 is 4.74 Å². The van der Waals surface area contributed by atoms with Crippen LogP contribution in [0.25, 0.3) is 0 Å². The van der Waals surface area contributed by atoms with Crippen molar-refractivity contribution in [3.8, 4) is 0 Å². The van der Waals surface area contributed by atoms with E-state index in [0.29, 0.717) is 6.61 Å². The molecule has 1 heterocycles. The van der Waals surface area contributed by atoms with E-state index in [9.17, 15) is 0 Å². The monoisotopic (exact) mass is 277 g/mol. The van der Waals surface area contributed by atoms with Crippen LogP contribution in [-0.2, 0) is 16.8 Å². The molecule has 112 valence electrons. The molecule has 1 aliphatic rings. The van der Waals surface area contributed by atoms with E-state index in [1.165, 1.54) is 25.7 Å². The molecule has 2 N–H and O–H groups in total. The van der Waals surface area contributed by atoms with Gasteiger partial charge in [0.05, 0.1) is 0 Å². The third-order valence-electron chi connectivity index (χ3n) is 4.00. The topological polar surface area (TPSA) is 61.0 Å². The summed E-state index contributed by atoms with van der Waals surface area (Å²) in [6, 6.07) is 0.142. The lowest BCUT2D eigenvalue weighted by molar-refractivity contribution is -0.0624. The summed E-state index contributed by atoms with van der Waals surface area (Å²) in [5.41, 5.74) is 6.65. The summed E-state index contributed by atoms with van der Waals surface area (Å²) in [5, 5.41) is 0. The standard InChI is InChI=1S/C16H27N3O/c1-3-20-16(8-6-4-5-7-9-16)15-18-11-14(12-19-15)10-13(2)17/h11-13H,3-10,17H2,1-2H3. The summed E-state index contributed by atoms with van der Waals surface area (Å²) in [5.74, 6) is 0.856. The van der Waals surface area contributed by atoms with Crippen LogP contribution in [0.5, 0.6) is 0 Å². The minimum Gasteiger partial charge on any atom is -0.367 e. The molecule has 4 nitrogen and oxygen atoms in total. The number of nitrogens with zero attached hydrogens (tertiary/aromatic N) is 2. The predicted molar refractivity (Wildman–Crippen MR) is 80.4 cm³/mol. The number of hydrogen-bond acceptors (Lipinski definition) is 4. The highest BCUT2D eigenvalue weighted by molar-refractivity contribution is 5.11. The molecule has 0 radical (unpaired) electrons. The maximum absolute atomic E-state index is 6.11. The fourth-order valence-electron chi connectivity index (χ4n) is 3.08. The number of aromatic nitrogens is 2. The van der Waals surface area contributed by atoms with Gasteiger partial charge in [-0.25, -0.2) is 9.97 Å². The summed E-state index contributed by atoms with van der Waals surface area (Å²) in [4.78, 5) is 9.19. The van der Waals surface area contributed by atoms with Crippen LogP contribution in [0.2, 0.25) is 0 Å². The van der Waals surface area contributed by atoms with Crippen molar-refractivity contribution in [2.75, 3.05) is 6.61 Å². The zero-order valence-electron chi connectivity index (χ0n) is 12.8. The van der Waals surface area contributed by atoms with Gasteiger partial charge in [0.1, 0.15) is 5.60 Å². The second-order valence-corrected chi connectivity index (χ2v) is 5.94. The van der Waals surface area contributed by atoms with Gasteiger partial charge in [-0.15, -0.1) is 0 Å². The Morgan fingerprint density at radius 1 is 1.20 bits per heavy atom. The van der Waals surface area contributed by atoms with Gasteiger partial charge in [0.2, 0.25) is 0 Å². The molecule has 4 heteroatoms. The highest BCUT2D eigenvalue weighted by atomic mass is 16.5. The lowest BCUT2D eigenvalue weighted by Crippen LogP contribution is -2.32. The van der Waals surface area contributed by atoms with E-state index in [2.05, 4.69) is 16.9 Å². The Morgan fingerprint density at radius 2 is 1.80 bits per heavy atom. The van der Waals surface area contributed by atoms with E-state index >= 15 is 0 Å². The van der Waals surface area contributed by atoms with Gasteiger partial charge in [-0.3, -0.25) is 0 Å². The van der Waals surface area contributed by atoms with E-state index in [1.807, 2.05) is 19.3 Å². The molecule has 0 bridgehead atoms. The van der Waals surface area contributed by atoms with Crippen molar-refractivity contribution in [2.45, 2.75) is 70.4 Å². The van der Waals surface area contributed by atoms with E-state index in [1.54, 1.807) is 0 Å². The van der Waals surface area contributed by atoms with Gasteiger partial charge in [-0.1, -0.05) is 25.7 Å². The van der Waals surface area contributed by atoms with Gasteiger partial charge in [0.15, 0.2) is 5.82 Å². The molecule has 0 aromatic carbocycles. The zero-order valence-corrected chi connectivity index (χ0v) is 12.8. The molecular formula is C16H27N3O. The van der Waals surface area contributed by atoms with Crippen LogP contribution < -0.4 is 5.73 Å².